The zero-order valence-electron chi connectivity index (χ0n) is 24.3. The first-order chi connectivity index (χ1) is 19.9. The third-order valence-corrected chi connectivity index (χ3v) is 8.21. The van der Waals surface area contributed by atoms with Gasteiger partial charge in [-0.15, -0.1) is 0 Å². The summed E-state index contributed by atoms with van der Waals surface area (Å²) in [7, 11) is 1.70. The van der Waals surface area contributed by atoms with Gasteiger partial charge in [-0.3, -0.25) is 4.79 Å². The summed E-state index contributed by atoms with van der Waals surface area (Å²) >= 11 is 0. The highest BCUT2D eigenvalue weighted by molar-refractivity contribution is 6.04. The van der Waals surface area contributed by atoms with Gasteiger partial charge < -0.3 is 30.5 Å². The van der Waals surface area contributed by atoms with Gasteiger partial charge in [0.2, 0.25) is 0 Å². The number of nitrogens with one attached hydrogen (secondary N) is 3. The molecule has 0 bridgehead atoms. The number of nitrogens with zero attached hydrogens (tertiary/aromatic N) is 2. The van der Waals surface area contributed by atoms with Crippen LogP contribution in [-0.2, 0) is 0 Å². The molecular weight excluding hydrogens is 514 g/mol. The molecule has 1 saturated carbocycles. The van der Waals surface area contributed by atoms with Gasteiger partial charge in [0.05, 0.1) is 18.4 Å². The molecule has 3 N–H and O–H groups in total. The molecule has 1 saturated heterocycles. The second kappa shape index (κ2) is 13.0. The van der Waals surface area contributed by atoms with Crippen molar-refractivity contribution in [3.63, 3.8) is 0 Å². The third kappa shape index (κ3) is 6.76. The van der Waals surface area contributed by atoms with E-state index in [4.69, 9.17) is 4.74 Å². The molecule has 1 aliphatic heterocycles. The van der Waals surface area contributed by atoms with Crippen molar-refractivity contribution in [3.05, 3.63) is 77.4 Å². The monoisotopic (exact) mass is 555 g/mol. The predicted molar refractivity (Wildman–Crippen MR) is 167 cm³/mol. The van der Waals surface area contributed by atoms with Crippen LogP contribution in [0.5, 0.6) is 5.75 Å². The van der Waals surface area contributed by atoms with Gasteiger partial charge in [-0.2, -0.15) is 0 Å². The van der Waals surface area contributed by atoms with Crippen LogP contribution in [0.25, 0.3) is 0 Å². The van der Waals surface area contributed by atoms with Crippen LogP contribution in [0.2, 0.25) is 0 Å². The van der Waals surface area contributed by atoms with E-state index in [9.17, 15) is 9.59 Å². The SMILES string of the molecule is COc1ccccc1N1CCN(c2ccc(NC(=O)Nc3c(C)cccc3C)cc2C(=O)NC2CCCCC2)CC1. The molecule has 5 rings (SSSR count). The molecule has 2 aliphatic rings. The molecule has 3 aromatic carbocycles. The number of hydrogen-bond acceptors (Lipinski definition) is 5. The number of urea groups is 1. The number of anilines is 4. The minimum absolute atomic E-state index is 0.0853. The summed E-state index contributed by atoms with van der Waals surface area (Å²) in [5, 5.41) is 9.20. The lowest BCUT2D eigenvalue weighted by atomic mass is 9.95. The van der Waals surface area contributed by atoms with Crippen molar-refractivity contribution in [3.8, 4) is 5.75 Å². The van der Waals surface area contributed by atoms with Crippen molar-refractivity contribution in [2.24, 2.45) is 0 Å². The Kier molecular flexibility index (Phi) is 8.97. The van der Waals surface area contributed by atoms with Gasteiger partial charge in [-0.1, -0.05) is 49.6 Å². The first-order valence-corrected chi connectivity index (χ1v) is 14.6. The van der Waals surface area contributed by atoms with Crippen LogP contribution in [0.4, 0.5) is 27.5 Å². The predicted octanol–water partition coefficient (Wildman–Crippen LogP) is 6.35. The summed E-state index contributed by atoms with van der Waals surface area (Å²) in [6.45, 7) is 7.09. The van der Waals surface area contributed by atoms with Crippen LogP contribution in [0.3, 0.4) is 0 Å². The van der Waals surface area contributed by atoms with Crippen molar-refractivity contribution in [1.29, 1.82) is 0 Å². The molecule has 0 aromatic heterocycles. The number of piperazine rings is 1. The molecule has 1 heterocycles. The van der Waals surface area contributed by atoms with E-state index in [2.05, 4.69) is 31.8 Å². The minimum atomic E-state index is -0.334. The number of amides is 3. The molecule has 8 heteroatoms. The number of para-hydroxylation sites is 3. The van der Waals surface area contributed by atoms with Gasteiger partial charge in [0, 0.05) is 49.3 Å². The molecular formula is C33H41N5O3. The van der Waals surface area contributed by atoms with Gasteiger partial charge in [0.15, 0.2) is 0 Å². The van der Waals surface area contributed by atoms with E-state index in [1.54, 1.807) is 7.11 Å². The Balaban J connectivity index is 1.34. The fourth-order valence-electron chi connectivity index (χ4n) is 5.95. The maximum Gasteiger partial charge on any atom is 0.323 e. The molecule has 2 fully saturated rings. The Bertz CT molecular complexity index is 1360. The van der Waals surface area contributed by atoms with Crippen LogP contribution in [0.15, 0.2) is 60.7 Å². The second-order valence-corrected chi connectivity index (χ2v) is 11.0. The maximum atomic E-state index is 13.7. The molecule has 216 valence electrons. The van der Waals surface area contributed by atoms with E-state index in [1.165, 1.54) is 6.42 Å². The number of rotatable bonds is 7. The summed E-state index contributed by atoms with van der Waals surface area (Å²) in [6.07, 6.45) is 5.53. The zero-order chi connectivity index (χ0) is 28.8. The van der Waals surface area contributed by atoms with Crippen molar-refractivity contribution in [1.82, 2.24) is 5.32 Å². The highest BCUT2D eigenvalue weighted by Gasteiger charge is 2.25. The van der Waals surface area contributed by atoms with E-state index >= 15 is 0 Å². The first-order valence-electron chi connectivity index (χ1n) is 14.6. The molecule has 0 atom stereocenters. The topological polar surface area (TPSA) is 85.9 Å². The molecule has 1 aliphatic carbocycles. The van der Waals surface area contributed by atoms with Gasteiger partial charge in [-0.25, -0.2) is 4.79 Å². The number of carbonyl (C=O) groups is 2. The lowest BCUT2D eigenvalue weighted by molar-refractivity contribution is 0.0928. The number of carbonyl (C=O) groups excluding carboxylic acids is 2. The average molecular weight is 556 g/mol. The Morgan fingerprint density at radius 3 is 2.12 bits per heavy atom. The zero-order valence-corrected chi connectivity index (χ0v) is 24.3. The fourth-order valence-corrected chi connectivity index (χ4v) is 5.95. The molecule has 8 nitrogen and oxygen atoms in total. The van der Waals surface area contributed by atoms with Gasteiger partial charge in [-0.05, 0) is 68.1 Å². The Morgan fingerprint density at radius 1 is 0.780 bits per heavy atom. The number of ether oxygens (including phenoxy) is 1. The summed E-state index contributed by atoms with van der Waals surface area (Å²) in [5.74, 6) is 0.779. The second-order valence-electron chi connectivity index (χ2n) is 11.0. The summed E-state index contributed by atoms with van der Waals surface area (Å²) in [4.78, 5) is 31.2. The Labute approximate surface area is 243 Å². The average Bonchev–Trinajstić information content (AvgIpc) is 2.99. The number of hydrogen-bond donors (Lipinski definition) is 3. The molecule has 3 aromatic rings. The normalized spacial score (nSPS) is 15.8. The fraction of sp³-hybridized carbons (Fsp3) is 0.394. The summed E-state index contributed by atoms with van der Waals surface area (Å²) < 4.78 is 5.58. The third-order valence-electron chi connectivity index (χ3n) is 8.21. The minimum Gasteiger partial charge on any atom is -0.495 e. The van der Waals surface area contributed by atoms with Crippen molar-refractivity contribution < 1.29 is 14.3 Å². The number of aryl methyl sites for hydroxylation is 2. The molecule has 0 unspecified atom stereocenters. The van der Waals surface area contributed by atoms with Crippen LogP contribution >= 0.6 is 0 Å². The van der Waals surface area contributed by atoms with Crippen LogP contribution < -0.4 is 30.5 Å². The molecule has 0 spiro atoms. The maximum absolute atomic E-state index is 13.7. The largest absolute Gasteiger partial charge is 0.495 e. The first kappa shape index (κ1) is 28.3. The number of benzene rings is 3. The van der Waals surface area contributed by atoms with E-state index in [0.29, 0.717) is 11.3 Å². The van der Waals surface area contributed by atoms with Crippen LogP contribution in [-0.4, -0.2) is 51.3 Å². The molecule has 41 heavy (non-hydrogen) atoms. The highest BCUT2D eigenvalue weighted by Crippen LogP contribution is 2.31. The van der Waals surface area contributed by atoms with E-state index in [1.807, 2.05) is 68.4 Å². The van der Waals surface area contributed by atoms with E-state index in [0.717, 1.165) is 85.8 Å². The van der Waals surface area contributed by atoms with Crippen molar-refractivity contribution in [2.45, 2.75) is 52.0 Å². The van der Waals surface area contributed by atoms with Gasteiger partial charge >= 0.3 is 6.03 Å². The summed E-state index contributed by atoms with van der Waals surface area (Å²) in [6, 6.07) is 19.5. The molecule has 3 amide bonds. The van der Waals surface area contributed by atoms with Crippen LogP contribution in [0.1, 0.15) is 53.6 Å². The molecule has 0 radical (unpaired) electrons. The Morgan fingerprint density at radius 2 is 1.44 bits per heavy atom. The number of methoxy groups -OCH3 is 1. The summed E-state index contributed by atoms with van der Waals surface area (Å²) in [5.41, 5.74) is 5.93. The van der Waals surface area contributed by atoms with Crippen molar-refractivity contribution >= 4 is 34.7 Å². The Hall–Kier alpha value is -4.20. The van der Waals surface area contributed by atoms with E-state index in [-0.39, 0.29) is 18.0 Å². The van der Waals surface area contributed by atoms with Gasteiger partial charge in [0.1, 0.15) is 5.75 Å². The van der Waals surface area contributed by atoms with Crippen LogP contribution in [0, 0.1) is 13.8 Å². The smallest absolute Gasteiger partial charge is 0.323 e. The highest BCUT2D eigenvalue weighted by atomic mass is 16.5. The quantitative estimate of drug-likeness (QED) is 0.317. The lowest BCUT2D eigenvalue weighted by Gasteiger charge is -2.38. The van der Waals surface area contributed by atoms with Crippen molar-refractivity contribution in [2.75, 3.05) is 53.7 Å². The van der Waals surface area contributed by atoms with Gasteiger partial charge in [0.25, 0.3) is 5.91 Å². The lowest BCUT2D eigenvalue weighted by Crippen LogP contribution is -2.47. The van der Waals surface area contributed by atoms with E-state index < -0.39 is 0 Å². The standard InChI is InChI=1S/C33H41N5O3/c1-23-10-9-11-24(2)31(23)36-33(40)35-26-16-17-28(27(22-26)32(39)34-25-12-5-4-6-13-25)37-18-20-38(21-19-37)29-14-7-8-15-30(29)41-3/h7-11,14-17,22,25H,4-6,12-13,18-21H2,1-3H3,(H,34,39)(H2,35,36,40).